The van der Waals surface area contributed by atoms with E-state index in [1.54, 1.807) is 19.2 Å². The Balaban J connectivity index is 1.36. The molecule has 0 bridgehead atoms. The standard InChI is InChI=1S/C25H30ClN7O2/c1-4-35-24-9-8-23(27-14-24)17-31-11-12-32(18(2)15-31)25(34)10-6-20-5-7-22(26)13-21(20)16-33-29-19(3)28-30-33/h5-10,13-14,18H,4,11-12,15-17H2,1-3H3. The van der Waals surface area contributed by atoms with Crippen molar-refractivity contribution in [3.8, 4) is 5.75 Å². The van der Waals surface area contributed by atoms with Crippen LogP contribution in [0.15, 0.2) is 42.6 Å². The third-order valence-corrected chi connectivity index (χ3v) is 6.10. The van der Waals surface area contributed by atoms with E-state index in [1.807, 2.05) is 48.2 Å². The predicted octanol–water partition coefficient (Wildman–Crippen LogP) is 3.22. The Morgan fingerprint density at radius 1 is 1.23 bits per heavy atom. The van der Waals surface area contributed by atoms with Gasteiger partial charge in [0.15, 0.2) is 5.82 Å². The number of hydrogen-bond acceptors (Lipinski definition) is 7. The van der Waals surface area contributed by atoms with Crippen LogP contribution in [0.3, 0.4) is 0 Å². The third kappa shape index (κ3) is 6.64. The number of aryl methyl sites for hydroxylation is 1. The van der Waals surface area contributed by atoms with E-state index in [9.17, 15) is 4.79 Å². The van der Waals surface area contributed by atoms with Gasteiger partial charge in [-0.1, -0.05) is 17.7 Å². The Hall–Kier alpha value is -3.30. The van der Waals surface area contributed by atoms with E-state index in [0.29, 0.717) is 30.5 Å². The molecule has 184 valence electrons. The quantitative estimate of drug-likeness (QED) is 0.443. The number of carbonyl (C=O) groups excluding carboxylic acids is 1. The molecule has 1 atom stereocenters. The van der Waals surface area contributed by atoms with Crippen molar-refractivity contribution in [2.75, 3.05) is 26.2 Å². The van der Waals surface area contributed by atoms with Crippen molar-refractivity contribution in [2.45, 2.75) is 39.9 Å². The van der Waals surface area contributed by atoms with Crippen LogP contribution in [0.25, 0.3) is 6.08 Å². The van der Waals surface area contributed by atoms with Gasteiger partial charge >= 0.3 is 0 Å². The van der Waals surface area contributed by atoms with Crippen LogP contribution >= 0.6 is 11.6 Å². The molecule has 9 nitrogen and oxygen atoms in total. The number of hydrogen-bond donors (Lipinski definition) is 0. The lowest BCUT2D eigenvalue weighted by atomic mass is 10.1. The number of rotatable bonds is 8. The molecule has 10 heteroatoms. The minimum Gasteiger partial charge on any atom is -0.492 e. The second-order valence-corrected chi connectivity index (χ2v) is 9.01. The molecule has 0 aliphatic carbocycles. The number of pyridine rings is 1. The number of carbonyl (C=O) groups is 1. The van der Waals surface area contributed by atoms with Crippen LogP contribution in [0.4, 0.5) is 0 Å². The Kier molecular flexibility index (Phi) is 8.09. The van der Waals surface area contributed by atoms with E-state index in [-0.39, 0.29) is 11.9 Å². The number of aromatic nitrogens is 5. The monoisotopic (exact) mass is 495 g/mol. The summed E-state index contributed by atoms with van der Waals surface area (Å²) < 4.78 is 5.46. The van der Waals surface area contributed by atoms with E-state index >= 15 is 0 Å². The second-order valence-electron chi connectivity index (χ2n) is 8.58. The smallest absolute Gasteiger partial charge is 0.246 e. The summed E-state index contributed by atoms with van der Waals surface area (Å²) in [4.78, 5) is 23.3. The minimum absolute atomic E-state index is 0.00744. The van der Waals surface area contributed by atoms with Crippen molar-refractivity contribution in [3.63, 3.8) is 0 Å². The van der Waals surface area contributed by atoms with Crippen molar-refractivity contribution < 1.29 is 9.53 Å². The average molecular weight is 496 g/mol. The zero-order valence-electron chi connectivity index (χ0n) is 20.3. The van der Waals surface area contributed by atoms with Gasteiger partial charge in [0.2, 0.25) is 5.91 Å². The summed E-state index contributed by atoms with van der Waals surface area (Å²) in [5.74, 6) is 1.38. The Labute approximate surface area is 210 Å². The largest absolute Gasteiger partial charge is 0.492 e. The molecule has 1 fully saturated rings. The number of piperazine rings is 1. The van der Waals surface area contributed by atoms with E-state index in [2.05, 4.69) is 32.2 Å². The topological polar surface area (TPSA) is 89.3 Å². The van der Waals surface area contributed by atoms with Crippen LogP contribution in [0, 0.1) is 6.92 Å². The van der Waals surface area contributed by atoms with Gasteiger partial charge in [0.25, 0.3) is 0 Å². The molecule has 35 heavy (non-hydrogen) atoms. The first-order valence-corrected chi connectivity index (χ1v) is 12.1. The predicted molar refractivity (Wildman–Crippen MR) is 134 cm³/mol. The van der Waals surface area contributed by atoms with Gasteiger partial charge in [-0.3, -0.25) is 14.7 Å². The number of amides is 1. The maximum Gasteiger partial charge on any atom is 0.246 e. The van der Waals surface area contributed by atoms with Gasteiger partial charge in [0, 0.05) is 43.3 Å². The second kappa shape index (κ2) is 11.4. The molecule has 1 aliphatic heterocycles. The van der Waals surface area contributed by atoms with Gasteiger partial charge in [0.05, 0.1) is 25.0 Å². The van der Waals surface area contributed by atoms with Crippen molar-refractivity contribution >= 4 is 23.6 Å². The minimum atomic E-state index is -0.00744. The molecule has 3 aromatic rings. The van der Waals surface area contributed by atoms with Gasteiger partial charge < -0.3 is 9.64 Å². The summed E-state index contributed by atoms with van der Waals surface area (Å²) in [6.07, 6.45) is 5.23. The highest BCUT2D eigenvalue weighted by Crippen LogP contribution is 2.20. The molecule has 4 rings (SSSR count). The lowest BCUT2D eigenvalue weighted by Crippen LogP contribution is -2.53. The van der Waals surface area contributed by atoms with Crippen molar-refractivity contribution in [1.29, 1.82) is 0 Å². The molecular weight excluding hydrogens is 466 g/mol. The summed E-state index contributed by atoms with van der Waals surface area (Å²) in [5.41, 5.74) is 2.80. The van der Waals surface area contributed by atoms with E-state index < -0.39 is 0 Å². The lowest BCUT2D eigenvalue weighted by molar-refractivity contribution is -0.130. The fourth-order valence-electron chi connectivity index (χ4n) is 4.16. The molecule has 3 heterocycles. The number of nitrogens with zero attached hydrogens (tertiary/aromatic N) is 7. The third-order valence-electron chi connectivity index (χ3n) is 5.86. The van der Waals surface area contributed by atoms with Gasteiger partial charge in [0.1, 0.15) is 5.75 Å². The SMILES string of the molecule is CCOc1ccc(CN2CCN(C(=O)C=Cc3ccc(Cl)cc3Cn3nnc(C)n3)C(C)C2)nc1. The van der Waals surface area contributed by atoms with Gasteiger partial charge in [-0.05, 0) is 67.5 Å². The zero-order valence-corrected chi connectivity index (χ0v) is 21.0. The Morgan fingerprint density at radius 2 is 2.09 bits per heavy atom. The first-order valence-electron chi connectivity index (χ1n) is 11.7. The normalized spacial score (nSPS) is 16.7. The highest BCUT2D eigenvalue weighted by atomic mass is 35.5. The molecule has 1 amide bonds. The van der Waals surface area contributed by atoms with Crippen LogP contribution in [0.5, 0.6) is 5.75 Å². The molecule has 0 N–H and O–H groups in total. The molecule has 2 aromatic heterocycles. The van der Waals surface area contributed by atoms with Gasteiger partial charge in [-0.25, -0.2) is 0 Å². The first-order chi connectivity index (χ1) is 16.9. The number of benzene rings is 1. The molecule has 0 spiro atoms. The fraction of sp³-hybridized carbons (Fsp3) is 0.400. The average Bonchev–Trinajstić information content (AvgIpc) is 3.24. The van der Waals surface area contributed by atoms with Gasteiger partial charge in [-0.15, -0.1) is 10.2 Å². The Bertz CT molecular complexity index is 1180. The molecule has 1 saturated heterocycles. The summed E-state index contributed by atoms with van der Waals surface area (Å²) in [6, 6.07) is 9.61. The highest BCUT2D eigenvalue weighted by Gasteiger charge is 2.26. The van der Waals surface area contributed by atoms with E-state index in [1.165, 1.54) is 4.80 Å². The molecule has 0 saturated carbocycles. The first kappa shape index (κ1) is 24.8. The van der Waals surface area contributed by atoms with Gasteiger partial charge in [-0.2, -0.15) is 4.80 Å². The molecule has 1 unspecified atom stereocenters. The summed E-state index contributed by atoms with van der Waals surface area (Å²) in [6.45, 7) is 9.87. The molecular formula is C25H30ClN7O2. The molecule has 0 radical (unpaired) electrons. The van der Waals surface area contributed by atoms with Crippen molar-refractivity contribution in [3.05, 3.63) is 70.3 Å². The number of halogens is 1. The maximum absolute atomic E-state index is 13.0. The van der Waals surface area contributed by atoms with Crippen molar-refractivity contribution in [2.24, 2.45) is 0 Å². The van der Waals surface area contributed by atoms with Crippen molar-refractivity contribution in [1.82, 2.24) is 35.0 Å². The van der Waals surface area contributed by atoms with Crippen LogP contribution < -0.4 is 4.74 Å². The summed E-state index contributed by atoms with van der Waals surface area (Å²) in [7, 11) is 0. The molecule has 1 aliphatic rings. The highest BCUT2D eigenvalue weighted by molar-refractivity contribution is 6.30. The van der Waals surface area contributed by atoms with Crippen LogP contribution in [0.1, 0.15) is 36.5 Å². The Morgan fingerprint density at radius 3 is 2.77 bits per heavy atom. The number of ether oxygens (including phenoxy) is 1. The van der Waals surface area contributed by atoms with E-state index in [4.69, 9.17) is 16.3 Å². The zero-order chi connectivity index (χ0) is 24.8. The van der Waals surface area contributed by atoms with E-state index in [0.717, 1.165) is 42.2 Å². The summed E-state index contributed by atoms with van der Waals surface area (Å²) in [5, 5.41) is 12.8. The maximum atomic E-state index is 13.0. The van der Waals surface area contributed by atoms with Crippen LogP contribution in [-0.4, -0.2) is 73.2 Å². The number of tetrazole rings is 1. The lowest BCUT2D eigenvalue weighted by Gasteiger charge is -2.39. The molecule has 1 aromatic carbocycles. The fourth-order valence-corrected chi connectivity index (χ4v) is 4.36. The van der Waals surface area contributed by atoms with Crippen LogP contribution in [0.2, 0.25) is 5.02 Å². The van der Waals surface area contributed by atoms with Crippen LogP contribution in [-0.2, 0) is 17.9 Å². The summed E-state index contributed by atoms with van der Waals surface area (Å²) >= 11 is 6.20.